The molecule has 1 fully saturated rings. The summed E-state index contributed by atoms with van der Waals surface area (Å²) in [4.78, 5) is 23.9. The first-order valence-electron chi connectivity index (χ1n) is 6.30. The topological polar surface area (TPSA) is 72.8 Å². The van der Waals surface area contributed by atoms with Crippen LogP contribution in [0.25, 0.3) is 0 Å². The number of benzene rings is 1. The van der Waals surface area contributed by atoms with Gasteiger partial charge in [0.2, 0.25) is 11.9 Å². The molecule has 0 bridgehead atoms. The molecule has 1 aromatic carbocycles. The van der Waals surface area contributed by atoms with E-state index in [2.05, 4.69) is 0 Å². The number of hydrogen-bond donors (Lipinski definition) is 1. The molecule has 0 radical (unpaired) electrons. The molecule has 19 heavy (non-hydrogen) atoms. The summed E-state index contributed by atoms with van der Waals surface area (Å²) in [6, 6.07) is 4.68. The third-order valence-corrected chi connectivity index (χ3v) is 3.69. The Labute approximate surface area is 110 Å². The Morgan fingerprint density at radius 1 is 1.26 bits per heavy atom. The average Bonchev–Trinajstić information content (AvgIpc) is 2.51. The van der Waals surface area contributed by atoms with Gasteiger partial charge >= 0.3 is 5.97 Å². The fourth-order valence-corrected chi connectivity index (χ4v) is 2.61. The highest BCUT2D eigenvalue weighted by Crippen LogP contribution is 2.38. The summed E-state index contributed by atoms with van der Waals surface area (Å²) in [7, 11) is 0. The minimum absolute atomic E-state index is 0.0379. The van der Waals surface area contributed by atoms with Crippen LogP contribution in [0.1, 0.15) is 30.1 Å². The molecule has 5 heteroatoms. The molecule has 5 nitrogen and oxygen atoms in total. The number of rotatable bonds is 0. The van der Waals surface area contributed by atoms with Gasteiger partial charge in [0.05, 0.1) is 0 Å². The van der Waals surface area contributed by atoms with E-state index in [4.69, 9.17) is 9.47 Å². The zero-order valence-electron chi connectivity index (χ0n) is 10.5. The van der Waals surface area contributed by atoms with Crippen molar-refractivity contribution in [2.75, 3.05) is 0 Å². The number of fused-ring (bicyclic) bond motifs is 2. The zero-order chi connectivity index (χ0) is 13.6. The van der Waals surface area contributed by atoms with Crippen LogP contribution in [0.15, 0.2) is 18.2 Å². The van der Waals surface area contributed by atoms with Gasteiger partial charge in [-0.25, -0.2) is 0 Å². The lowest BCUT2D eigenvalue weighted by atomic mass is 9.89. The van der Waals surface area contributed by atoms with Crippen molar-refractivity contribution in [3.63, 3.8) is 0 Å². The van der Waals surface area contributed by atoms with Crippen LogP contribution in [0.2, 0.25) is 0 Å². The van der Waals surface area contributed by atoms with E-state index in [1.165, 1.54) is 6.07 Å². The molecule has 1 aromatic rings. The van der Waals surface area contributed by atoms with Gasteiger partial charge in [-0.1, -0.05) is 13.0 Å². The highest BCUT2D eigenvalue weighted by molar-refractivity contribution is 6.06. The maximum absolute atomic E-state index is 12.4. The lowest BCUT2D eigenvalue weighted by Gasteiger charge is -2.33. The smallest absolute Gasteiger partial charge is 0.306 e. The molecule has 3 atom stereocenters. The van der Waals surface area contributed by atoms with E-state index in [1.807, 2.05) is 6.92 Å². The number of hydrogen-bond acceptors (Lipinski definition) is 5. The van der Waals surface area contributed by atoms with E-state index < -0.39 is 18.2 Å². The SMILES string of the molecule is C[C@H]1CCC(=O)O[C@@H]2C(=O)c3c(O)cccc3O[C@H]21. The summed E-state index contributed by atoms with van der Waals surface area (Å²) in [5.41, 5.74) is 0.102. The van der Waals surface area contributed by atoms with Crippen molar-refractivity contribution in [2.45, 2.75) is 32.0 Å². The quantitative estimate of drug-likeness (QED) is 0.720. The van der Waals surface area contributed by atoms with Gasteiger partial charge in [-0.3, -0.25) is 9.59 Å². The molecular weight excluding hydrogens is 248 g/mol. The van der Waals surface area contributed by atoms with Crippen molar-refractivity contribution >= 4 is 11.8 Å². The van der Waals surface area contributed by atoms with E-state index in [1.54, 1.807) is 12.1 Å². The standard InChI is InChI=1S/C14H14O5/c1-7-5-6-10(16)19-14-12(17)11-8(15)3-2-4-9(11)18-13(7)14/h2-4,7,13-15H,5-6H2,1H3/t7-,13-,14+/m0/s1. The zero-order valence-corrected chi connectivity index (χ0v) is 10.5. The van der Waals surface area contributed by atoms with Crippen LogP contribution in [-0.4, -0.2) is 29.1 Å². The third-order valence-electron chi connectivity index (χ3n) is 3.69. The normalized spacial score (nSPS) is 29.6. The first-order valence-corrected chi connectivity index (χ1v) is 6.30. The number of phenols is 1. The number of carbonyl (C=O) groups excluding carboxylic acids is 2. The summed E-state index contributed by atoms with van der Waals surface area (Å²) in [6.07, 6.45) is -0.520. The van der Waals surface area contributed by atoms with Gasteiger partial charge < -0.3 is 14.6 Å². The van der Waals surface area contributed by atoms with Gasteiger partial charge in [-0.2, -0.15) is 0 Å². The first kappa shape index (κ1) is 12.0. The lowest BCUT2D eigenvalue weighted by molar-refractivity contribution is -0.149. The van der Waals surface area contributed by atoms with Gasteiger partial charge in [0.15, 0.2) is 0 Å². The Morgan fingerprint density at radius 2 is 2.05 bits per heavy atom. The predicted octanol–water partition coefficient (Wildman–Crippen LogP) is 1.68. The third kappa shape index (κ3) is 1.85. The number of Topliss-reactive ketones (excluding diaryl/α,β-unsaturated/α-hetero) is 1. The van der Waals surface area contributed by atoms with Crippen molar-refractivity contribution < 1.29 is 24.2 Å². The molecule has 2 aliphatic heterocycles. The second-order valence-corrected chi connectivity index (χ2v) is 5.02. The second kappa shape index (κ2) is 4.26. The molecule has 100 valence electrons. The predicted molar refractivity (Wildman–Crippen MR) is 65.1 cm³/mol. The maximum Gasteiger partial charge on any atom is 0.306 e. The highest BCUT2D eigenvalue weighted by Gasteiger charge is 2.45. The van der Waals surface area contributed by atoms with Crippen LogP contribution in [0.3, 0.4) is 0 Å². The van der Waals surface area contributed by atoms with Crippen molar-refractivity contribution in [1.29, 1.82) is 0 Å². The van der Waals surface area contributed by atoms with E-state index in [-0.39, 0.29) is 29.4 Å². The van der Waals surface area contributed by atoms with Gasteiger partial charge in [-0.15, -0.1) is 0 Å². The van der Waals surface area contributed by atoms with Crippen LogP contribution in [0, 0.1) is 5.92 Å². The largest absolute Gasteiger partial charge is 0.507 e. The van der Waals surface area contributed by atoms with Crippen molar-refractivity contribution in [1.82, 2.24) is 0 Å². The van der Waals surface area contributed by atoms with Crippen LogP contribution in [0.5, 0.6) is 11.5 Å². The molecule has 0 amide bonds. The van der Waals surface area contributed by atoms with Crippen LogP contribution in [-0.2, 0) is 9.53 Å². The minimum Gasteiger partial charge on any atom is -0.507 e. The van der Waals surface area contributed by atoms with E-state index in [9.17, 15) is 14.7 Å². The molecule has 2 heterocycles. The number of ketones is 1. The Kier molecular flexibility index (Phi) is 2.69. The second-order valence-electron chi connectivity index (χ2n) is 5.02. The molecule has 1 N–H and O–H groups in total. The Hall–Kier alpha value is -2.04. The van der Waals surface area contributed by atoms with Crippen LogP contribution < -0.4 is 4.74 Å². The molecule has 0 aliphatic carbocycles. The molecule has 0 spiro atoms. The fourth-order valence-electron chi connectivity index (χ4n) is 2.61. The molecule has 3 rings (SSSR count). The fraction of sp³-hybridized carbons (Fsp3) is 0.429. The minimum atomic E-state index is -0.953. The summed E-state index contributed by atoms with van der Waals surface area (Å²) in [5.74, 6) is -0.525. The Bertz CT molecular complexity index is 551. The lowest BCUT2D eigenvalue weighted by Crippen LogP contribution is -2.47. The molecular formula is C14H14O5. The summed E-state index contributed by atoms with van der Waals surface area (Å²) < 4.78 is 11.0. The maximum atomic E-state index is 12.4. The molecule has 0 aromatic heterocycles. The number of carbonyl (C=O) groups is 2. The number of phenolic OH excluding ortho intramolecular Hbond substituents is 1. The molecule has 0 unspecified atom stereocenters. The van der Waals surface area contributed by atoms with Crippen LogP contribution in [0.4, 0.5) is 0 Å². The number of esters is 1. The molecule has 1 saturated heterocycles. The van der Waals surface area contributed by atoms with Gasteiger partial charge in [-0.05, 0) is 24.5 Å². The first-order chi connectivity index (χ1) is 9.08. The van der Waals surface area contributed by atoms with Crippen molar-refractivity contribution in [3.05, 3.63) is 23.8 Å². The molecule has 0 saturated carbocycles. The van der Waals surface area contributed by atoms with E-state index >= 15 is 0 Å². The summed E-state index contributed by atoms with van der Waals surface area (Å²) in [5, 5.41) is 9.78. The Balaban J connectivity index is 2.07. The number of aromatic hydroxyl groups is 1. The summed E-state index contributed by atoms with van der Waals surface area (Å²) >= 11 is 0. The average molecular weight is 262 g/mol. The van der Waals surface area contributed by atoms with Gasteiger partial charge in [0.25, 0.3) is 0 Å². The Morgan fingerprint density at radius 3 is 2.84 bits per heavy atom. The highest BCUT2D eigenvalue weighted by atomic mass is 16.6. The number of ether oxygens (including phenoxy) is 2. The van der Waals surface area contributed by atoms with Gasteiger partial charge in [0.1, 0.15) is 23.2 Å². The van der Waals surface area contributed by atoms with Gasteiger partial charge in [0, 0.05) is 6.42 Å². The van der Waals surface area contributed by atoms with Crippen LogP contribution >= 0.6 is 0 Å². The monoisotopic (exact) mass is 262 g/mol. The van der Waals surface area contributed by atoms with E-state index in [0.717, 1.165) is 0 Å². The van der Waals surface area contributed by atoms with Crippen molar-refractivity contribution in [3.8, 4) is 11.5 Å². The summed E-state index contributed by atoms with van der Waals surface area (Å²) in [6.45, 7) is 1.93. The van der Waals surface area contributed by atoms with Crippen molar-refractivity contribution in [2.24, 2.45) is 5.92 Å². The molecule has 2 aliphatic rings. The van der Waals surface area contributed by atoms with E-state index in [0.29, 0.717) is 12.2 Å².